The molecule has 0 atom stereocenters. The van der Waals surface area contributed by atoms with Crippen LogP contribution in [0.2, 0.25) is 0 Å². The largest absolute Gasteiger partial charge is 0.466 e. The zero-order valence-corrected chi connectivity index (χ0v) is 18.0. The zero-order valence-electron chi connectivity index (χ0n) is 13.1. The Morgan fingerprint density at radius 3 is 1.25 bits per heavy atom. The van der Waals surface area contributed by atoms with Crippen molar-refractivity contribution in [2.75, 3.05) is 0 Å². The van der Waals surface area contributed by atoms with Gasteiger partial charge >= 0.3 is 7.82 Å². The predicted octanol–water partition coefficient (Wildman–Crippen LogP) is 4.59. The summed E-state index contributed by atoms with van der Waals surface area (Å²) < 4.78 is 8.88. The first-order valence-electron chi connectivity index (χ1n) is 7.49. The third-order valence-electron chi connectivity index (χ3n) is 2.85. The molecule has 0 spiro atoms. The Bertz CT molecular complexity index is 189. The van der Waals surface area contributed by atoms with E-state index in [0.29, 0.717) is 0 Å². The summed E-state index contributed by atoms with van der Waals surface area (Å²) in [5, 5.41) is 0. The van der Waals surface area contributed by atoms with E-state index >= 15 is 0 Å². The molecule has 0 aliphatic heterocycles. The fraction of sp³-hybridized carbons (Fsp3) is 0.929. The number of rotatable bonds is 11. The molecule has 0 saturated carbocycles. The normalized spacial score (nSPS) is 10.4. The molecule has 0 saturated heterocycles. The van der Waals surface area contributed by atoms with Gasteiger partial charge in [-0.25, -0.2) is 4.57 Å². The maximum absolute atomic E-state index is 8.88. The van der Waals surface area contributed by atoms with E-state index in [1.165, 1.54) is 70.6 Å². The van der Waals surface area contributed by atoms with Crippen LogP contribution >= 0.6 is 7.82 Å². The van der Waals surface area contributed by atoms with E-state index in [2.05, 4.69) is 13.8 Å². The molecule has 120 valence electrons. The Morgan fingerprint density at radius 2 is 1.00 bits per heavy atom. The van der Waals surface area contributed by atoms with E-state index in [9.17, 15) is 0 Å². The molecule has 0 unspecified atom stereocenters. The van der Waals surface area contributed by atoms with Gasteiger partial charge in [0, 0.05) is 27.3 Å². The van der Waals surface area contributed by atoms with Crippen LogP contribution in [0.3, 0.4) is 0 Å². The van der Waals surface area contributed by atoms with Gasteiger partial charge in [-0.2, -0.15) is 6.42 Å². The van der Waals surface area contributed by atoms with Crippen molar-refractivity contribution in [2.45, 2.75) is 84.0 Å². The van der Waals surface area contributed by atoms with Crippen LogP contribution in [0, 0.1) is 6.92 Å². The number of hydrogen-bond donors (Lipinski definition) is 3. The molecule has 0 rings (SSSR count). The van der Waals surface area contributed by atoms with Gasteiger partial charge in [0.05, 0.1) is 0 Å². The minimum Gasteiger partial charge on any atom is -0.343 e. The molecule has 6 heteroatoms. The summed E-state index contributed by atoms with van der Waals surface area (Å²) in [5.41, 5.74) is 0. The van der Waals surface area contributed by atoms with Crippen LogP contribution in [0.4, 0.5) is 0 Å². The summed E-state index contributed by atoms with van der Waals surface area (Å²) in [6.45, 7) is 6.14. The molecule has 4 nitrogen and oxygen atoms in total. The van der Waals surface area contributed by atoms with Crippen LogP contribution < -0.4 is 0 Å². The monoisotopic (exact) mass is 409 g/mol. The molecule has 0 aliphatic carbocycles. The second-order valence-electron chi connectivity index (χ2n) is 4.90. The fourth-order valence-electron chi connectivity index (χ4n) is 1.84. The van der Waals surface area contributed by atoms with Crippen molar-refractivity contribution in [3.05, 3.63) is 6.92 Å². The molecule has 0 aliphatic rings. The average molecular weight is 408 g/mol. The Kier molecular flexibility index (Phi) is 26.0. The van der Waals surface area contributed by atoms with Gasteiger partial charge in [0.2, 0.25) is 0 Å². The first kappa shape index (κ1) is 26.0. The summed E-state index contributed by atoms with van der Waals surface area (Å²) in [7, 11) is -4.64. The second kappa shape index (κ2) is 20.0. The topological polar surface area (TPSA) is 77.8 Å². The van der Waals surface area contributed by atoms with E-state index in [4.69, 9.17) is 19.2 Å². The zero-order chi connectivity index (χ0) is 15.0. The van der Waals surface area contributed by atoms with E-state index < -0.39 is 7.82 Å². The third-order valence-corrected chi connectivity index (χ3v) is 2.85. The molecule has 3 N–H and O–H groups in total. The molecular formula is C14H32CdO4P-. The van der Waals surface area contributed by atoms with E-state index in [0.717, 1.165) is 6.42 Å². The molecule has 0 radical (unpaired) electrons. The van der Waals surface area contributed by atoms with Gasteiger partial charge < -0.3 is 21.6 Å². The van der Waals surface area contributed by atoms with Crippen molar-refractivity contribution >= 4 is 7.82 Å². The summed E-state index contributed by atoms with van der Waals surface area (Å²) in [4.78, 5) is 21.6. The molecule has 0 fully saturated rings. The predicted molar refractivity (Wildman–Crippen MR) is 80.7 cm³/mol. The minimum atomic E-state index is -4.64. The SMILES string of the molecule is O=P(O)(O)O.[CH2-]CCCCCCCCCCCCC.[Cd]. The molecule has 0 aromatic carbocycles. The van der Waals surface area contributed by atoms with Crippen LogP contribution in [-0.4, -0.2) is 14.7 Å². The third kappa shape index (κ3) is 42.7. The van der Waals surface area contributed by atoms with Crippen LogP contribution in [0.25, 0.3) is 0 Å². The van der Waals surface area contributed by atoms with Crippen molar-refractivity contribution in [1.29, 1.82) is 0 Å². The molecule has 0 aromatic rings. The van der Waals surface area contributed by atoms with Crippen LogP contribution in [-0.2, 0) is 31.9 Å². The number of phosphoric acid groups is 1. The van der Waals surface area contributed by atoms with Crippen LogP contribution in [0.15, 0.2) is 0 Å². The van der Waals surface area contributed by atoms with Gasteiger partial charge in [-0.1, -0.05) is 77.6 Å². The first-order chi connectivity index (χ1) is 8.91. The fourth-order valence-corrected chi connectivity index (χ4v) is 1.84. The van der Waals surface area contributed by atoms with Crippen molar-refractivity contribution in [1.82, 2.24) is 0 Å². The van der Waals surface area contributed by atoms with Gasteiger partial charge in [-0.15, -0.1) is 0 Å². The molecular weight excluding hydrogens is 376 g/mol. The van der Waals surface area contributed by atoms with E-state index in [1.807, 2.05) is 0 Å². The molecule has 20 heavy (non-hydrogen) atoms. The smallest absolute Gasteiger partial charge is 0.343 e. The van der Waals surface area contributed by atoms with Crippen LogP contribution in [0.5, 0.6) is 0 Å². The van der Waals surface area contributed by atoms with Crippen LogP contribution in [0.1, 0.15) is 84.0 Å². The second-order valence-corrected chi connectivity index (χ2v) is 5.93. The number of hydrogen-bond acceptors (Lipinski definition) is 1. The molecule has 0 aromatic heterocycles. The summed E-state index contributed by atoms with van der Waals surface area (Å²) >= 11 is 0. The van der Waals surface area contributed by atoms with Crippen molar-refractivity contribution in [3.8, 4) is 0 Å². The molecule has 0 amide bonds. The maximum Gasteiger partial charge on any atom is 0.466 e. The Balaban J connectivity index is -0.000000414. The van der Waals surface area contributed by atoms with Gasteiger partial charge in [-0.05, 0) is 0 Å². The van der Waals surface area contributed by atoms with Crippen molar-refractivity contribution in [2.24, 2.45) is 0 Å². The molecule has 0 heterocycles. The average Bonchev–Trinajstić information content (AvgIpc) is 2.29. The maximum atomic E-state index is 8.88. The standard InChI is InChI=1S/C14H29.Cd.H3O4P/c1-3-5-7-9-11-13-14-12-10-8-6-4-2;;1-5(2,3)4/h1,3-14H2,2H3;;(H3,1,2,3,4)/q-1;;. The first-order valence-corrected chi connectivity index (χ1v) is 9.05. The van der Waals surface area contributed by atoms with Gasteiger partial charge in [-0.3, -0.25) is 0 Å². The van der Waals surface area contributed by atoms with Crippen molar-refractivity contribution < 1.29 is 46.5 Å². The van der Waals surface area contributed by atoms with Gasteiger partial charge in [0.25, 0.3) is 0 Å². The molecule has 0 bridgehead atoms. The van der Waals surface area contributed by atoms with E-state index in [1.54, 1.807) is 0 Å². The van der Waals surface area contributed by atoms with Crippen molar-refractivity contribution in [3.63, 3.8) is 0 Å². The minimum absolute atomic E-state index is 0. The van der Waals surface area contributed by atoms with Gasteiger partial charge in [0.15, 0.2) is 0 Å². The quantitative estimate of drug-likeness (QED) is 0.202. The Morgan fingerprint density at radius 1 is 0.750 bits per heavy atom. The Labute approximate surface area is 145 Å². The van der Waals surface area contributed by atoms with Gasteiger partial charge in [0.1, 0.15) is 0 Å². The summed E-state index contributed by atoms with van der Waals surface area (Å²) in [6.07, 6.45) is 16.9. The summed E-state index contributed by atoms with van der Waals surface area (Å²) in [5.74, 6) is 0. The number of unbranched alkanes of at least 4 members (excludes halogenated alkanes) is 11. The van der Waals surface area contributed by atoms with E-state index in [-0.39, 0.29) is 27.3 Å². The Hall–Kier alpha value is 1.03. The summed E-state index contributed by atoms with van der Waals surface area (Å²) in [6, 6.07) is 0.